The molecule has 21 heavy (non-hydrogen) atoms. The van der Waals surface area contributed by atoms with Gasteiger partial charge in [0, 0.05) is 0 Å². The molecule has 0 bridgehead atoms. The zero-order valence-corrected chi connectivity index (χ0v) is 17.4. The predicted octanol–water partition coefficient (Wildman–Crippen LogP) is 5.76. The Morgan fingerprint density at radius 2 is 1.19 bits per heavy atom. The van der Waals surface area contributed by atoms with E-state index in [0.717, 1.165) is 11.3 Å². The van der Waals surface area contributed by atoms with Gasteiger partial charge in [-0.2, -0.15) is 0 Å². The van der Waals surface area contributed by atoms with Crippen molar-refractivity contribution in [1.82, 2.24) is 0 Å². The molecule has 0 N–H and O–H groups in total. The van der Waals surface area contributed by atoms with E-state index in [4.69, 9.17) is 0 Å². The summed E-state index contributed by atoms with van der Waals surface area (Å²) in [6.07, 6.45) is 12.1. The van der Waals surface area contributed by atoms with Crippen LogP contribution in [0.4, 0.5) is 0 Å². The summed E-state index contributed by atoms with van der Waals surface area (Å²) in [6.45, 7) is 14.5. The van der Waals surface area contributed by atoms with Gasteiger partial charge in [-0.25, -0.2) is 0 Å². The molecule has 0 nitrogen and oxygen atoms in total. The molecule has 0 spiro atoms. The van der Waals surface area contributed by atoms with E-state index in [1.165, 1.54) is 12.8 Å². The number of hydrogen-bond donors (Lipinski definition) is 0. The first-order chi connectivity index (χ1) is 9.91. The molecule has 0 aromatic heterocycles. The van der Waals surface area contributed by atoms with Crippen LogP contribution < -0.4 is 0 Å². The first-order valence-corrected chi connectivity index (χ1v) is 13.8. The fraction of sp³-hybridized carbons (Fsp3) is 0.556. The van der Waals surface area contributed by atoms with Crippen molar-refractivity contribution in [2.45, 2.75) is 38.0 Å². The minimum atomic E-state index is 0.126. The molecule has 0 amide bonds. The van der Waals surface area contributed by atoms with Crippen LogP contribution in [0, 0.1) is 0 Å². The van der Waals surface area contributed by atoms with Crippen molar-refractivity contribution in [2.24, 2.45) is 0 Å². The van der Waals surface area contributed by atoms with Gasteiger partial charge in [0.2, 0.25) is 0 Å². The molecule has 2 atom stereocenters. The van der Waals surface area contributed by atoms with Crippen molar-refractivity contribution in [1.29, 1.82) is 0 Å². The average molecular weight is 357 g/mol. The fourth-order valence-corrected chi connectivity index (χ4v) is 7.01. The minimum absolute atomic E-state index is 0.126. The van der Waals surface area contributed by atoms with Crippen LogP contribution in [-0.4, -0.2) is 38.0 Å². The maximum absolute atomic E-state index is 2.43. The van der Waals surface area contributed by atoms with E-state index in [-0.39, 0.29) is 32.1 Å². The molecule has 3 heteroatoms. The summed E-state index contributed by atoms with van der Waals surface area (Å²) >= 11 is 0.243. The van der Waals surface area contributed by atoms with Gasteiger partial charge in [-0.05, 0) is 0 Å². The van der Waals surface area contributed by atoms with Crippen molar-refractivity contribution >= 4 is 15.8 Å². The molecule has 0 saturated heterocycles. The summed E-state index contributed by atoms with van der Waals surface area (Å²) in [4.78, 5) is 0. The van der Waals surface area contributed by atoms with Gasteiger partial charge in [0.05, 0.1) is 0 Å². The van der Waals surface area contributed by atoms with Gasteiger partial charge >= 0.3 is 141 Å². The Balaban J connectivity index is 2.21. The molecule has 2 rings (SSSR count). The predicted molar refractivity (Wildman–Crippen MR) is 98.0 cm³/mol. The van der Waals surface area contributed by atoms with Gasteiger partial charge in [0.1, 0.15) is 0 Å². The monoisotopic (exact) mass is 357 g/mol. The molecular weight excluding hydrogens is 329 g/mol. The van der Waals surface area contributed by atoms with Crippen LogP contribution in [0.3, 0.4) is 0 Å². The average Bonchev–Trinajstić information content (AvgIpc) is 3.06. The molecule has 0 saturated carbocycles. The second-order valence-electron chi connectivity index (χ2n) is 6.41. The Bertz CT molecular complexity index is 463. The van der Waals surface area contributed by atoms with Crippen molar-refractivity contribution in [3.63, 3.8) is 0 Å². The third kappa shape index (κ3) is 4.23. The summed E-state index contributed by atoms with van der Waals surface area (Å²) in [5, 5.41) is 0. The summed E-state index contributed by atoms with van der Waals surface area (Å²) < 4.78 is 3.57. The zero-order valence-electron chi connectivity index (χ0n) is 14.2. The summed E-state index contributed by atoms with van der Waals surface area (Å²) in [6, 6.07) is 0. The van der Waals surface area contributed by atoms with Crippen LogP contribution in [0.2, 0.25) is 0 Å². The second kappa shape index (κ2) is 7.79. The van der Waals surface area contributed by atoms with E-state index in [9.17, 15) is 0 Å². The summed E-state index contributed by atoms with van der Waals surface area (Å²) in [7, 11) is 0.253. The molecule has 0 aromatic rings. The molecule has 0 aliphatic heterocycles. The van der Waals surface area contributed by atoms with E-state index >= 15 is 0 Å². The molecule has 0 aromatic carbocycles. The van der Waals surface area contributed by atoms with Crippen molar-refractivity contribution in [3.05, 3.63) is 44.0 Å². The first kappa shape index (κ1) is 17.8. The van der Waals surface area contributed by atoms with Crippen LogP contribution in [-0.2, 0) is 16.3 Å². The molecule has 2 aliphatic carbocycles. The van der Waals surface area contributed by atoms with Crippen LogP contribution in [0.5, 0.6) is 0 Å². The van der Waals surface area contributed by atoms with Crippen molar-refractivity contribution in [3.8, 4) is 0 Å². The fourth-order valence-electron chi connectivity index (χ4n) is 2.72. The third-order valence-electron chi connectivity index (χ3n) is 4.60. The van der Waals surface area contributed by atoms with Gasteiger partial charge < -0.3 is 0 Å². The van der Waals surface area contributed by atoms with Gasteiger partial charge in [0.25, 0.3) is 0 Å². The van der Waals surface area contributed by atoms with Gasteiger partial charge in [-0.1, -0.05) is 0 Å². The van der Waals surface area contributed by atoms with Gasteiger partial charge in [-0.3, -0.25) is 0 Å². The van der Waals surface area contributed by atoms with Crippen LogP contribution in [0.15, 0.2) is 44.0 Å². The van der Waals surface area contributed by atoms with E-state index < -0.39 is 0 Å². The topological polar surface area (TPSA) is 0 Å². The third-order valence-corrected chi connectivity index (χ3v) is 10.5. The van der Waals surface area contributed by atoms with E-state index in [1.54, 1.807) is 19.7 Å². The Morgan fingerprint density at radius 3 is 1.52 bits per heavy atom. The Hall–Kier alpha value is 0.404. The SMILES string of the molecule is CC(C1=[C]([V][C]2=C(C(C)P(C)C)C=CC2)CC=C1)P(C)C. The number of allylic oxidation sites excluding steroid dienone is 8. The van der Waals surface area contributed by atoms with Gasteiger partial charge in [0.15, 0.2) is 0 Å². The van der Waals surface area contributed by atoms with Crippen LogP contribution in [0.25, 0.3) is 0 Å². The van der Waals surface area contributed by atoms with Crippen LogP contribution in [0.1, 0.15) is 26.7 Å². The van der Waals surface area contributed by atoms with E-state index in [2.05, 4.69) is 64.8 Å². The summed E-state index contributed by atoms with van der Waals surface area (Å²) in [5.74, 6) is 0. The molecule has 115 valence electrons. The normalized spacial score (nSPS) is 21.1. The number of rotatable bonds is 6. The molecule has 0 fully saturated rings. The Morgan fingerprint density at radius 1 is 0.810 bits per heavy atom. The zero-order chi connectivity index (χ0) is 15.6. The molecule has 2 unspecified atom stereocenters. The molecule has 2 aliphatic rings. The van der Waals surface area contributed by atoms with Crippen LogP contribution >= 0.6 is 15.8 Å². The molecular formula is C18H28P2V. The van der Waals surface area contributed by atoms with Crippen molar-refractivity contribution < 1.29 is 16.3 Å². The Labute approximate surface area is 140 Å². The number of hydrogen-bond acceptors (Lipinski definition) is 0. The van der Waals surface area contributed by atoms with Crippen molar-refractivity contribution in [2.75, 3.05) is 26.7 Å². The Kier molecular flexibility index (Phi) is 6.59. The standard InChI is InChI=1S/2C9H14P.V/c2*1-8(10(2)3)9-6-4-5-7-9;/h2*4,6,8H,5H2,1-3H3;. The summed E-state index contributed by atoms with van der Waals surface area (Å²) in [5.41, 5.74) is 4.92. The van der Waals surface area contributed by atoms with E-state index in [1.807, 2.05) is 0 Å². The van der Waals surface area contributed by atoms with E-state index in [0.29, 0.717) is 0 Å². The maximum atomic E-state index is 2.43. The van der Waals surface area contributed by atoms with Gasteiger partial charge in [-0.15, -0.1) is 0 Å². The second-order valence-corrected chi connectivity index (χ2v) is 13.8. The first-order valence-electron chi connectivity index (χ1n) is 7.75. The molecule has 0 radical (unpaired) electrons. The quantitative estimate of drug-likeness (QED) is 0.531. The molecule has 0 heterocycles.